The van der Waals surface area contributed by atoms with Crippen LogP contribution in [0.25, 0.3) is 6.08 Å². The Hall–Kier alpha value is -1.46. The van der Waals surface area contributed by atoms with Crippen molar-refractivity contribution < 1.29 is 4.92 Å². The number of nitrogens with zero attached hydrogens (tertiary/aromatic N) is 2. The second kappa shape index (κ2) is 5.58. The number of nitro groups is 1. The molecule has 0 aliphatic carbocycles. The van der Waals surface area contributed by atoms with E-state index in [-0.39, 0.29) is 10.8 Å². The van der Waals surface area contributed by atoms with E-state index in [0.717, 1.165) is 0 Å². The first-order valence-corrected chi connectivity index (χ1v) is 5.06. The van der Waals surface area contributed by atoms with E-state index in [1.54, 1.807) is 13.0 Å². The fraction of sp³-hybridized carbons (Fsp3) is 0.300. The Labute approximate surface area is 98.3 Å². The molecule has 5 nitrogen and oxygen atoms in total. The summed E-state index contributed by atoms with van der Waals surface area (Å²) in [4.78, 5) is 14.2. The van der Waals surface area contributed by atoms with Gasteiger partial charge in [-0.15, -0.1) is 0 Å². The van der Waals surface area contributed by atoms with Gasteiger partial charge in [0, 0.05) is 18.2 Å². The second-order valence-corrected chi connectivity index (χ2v) is 3.55. The third-order valence-corrected chi connectivity index (χ3v) is 2.29. The maximum Gasteiger partial charge on any atom is 0.291 e. The van der Waals surface area contributed by atoms with Crippen molar-refractivity contribution in [2.45, 2.75) is 6.92 Å². The van der Waals surface area contributed by atoms with Gasteiger partial charge in [0.15, 0.2) is 0 Å². The molecule has 0 spiro atoms. The van der Waals surface area contributed by atoms with E-state index in [1.807, 2.05) is 13.1 Å². The number of nitrogens with one attached hydrogen (secondary N) is 1. The number of aryl methyl sites for hydroxylation is 1. The average Bonchev–Trinajstić information content (AvgIpc) is 2.21. The Bertz CT molecular complexity index is 432. The number of hydrogen-bond donors (Lipinski definition) is 1. The lowest BCUT2D eigenvalue weighted by molar-refractivity contribution is -0.385. The Morgan fingerprint density at radius 2 is 2.38 bits per heavy atom. The van der Waals surface area contributed by atoms with Gasteiger partial charge in [-0.3, -0.25) is 10.1 Å². The molecule has 0 amide bonds. The van der Waals surface area contributed by atoms with Gasteiger partial charge in [0.05, 0.1) is 4.92 Å². The number of hydrogen-bond acceptors (Lipinski definition) is 4. The summed E-state index contributed by atoms with van der Waals surface area (Å²) in [5.41, 5.74) is 0.850. The molecule has 0 aliphatic rings. The normalized spacial score (nSPS) is 10.9. The minimum Gasteiger partial charge on any atom is -0.316 e. The van der Waals surface area contributed by atoms with Gasteiger partial charge in [0.2, 0.25) is 0 Å². The molecule has 6 heteroatoms. The third-order valence-electron chi connectivity index (χ3n) is 1.98. The van der Waals surface area contributed by atoms with Crippen LogP contribution in [0.5, 0.6) is 0 Å². The van der Waals surface area contributed by atoms with Gasteiger partial charge in [-0.1, -0.05) is 23.8 Å². The molecule has 1 aromatic rings. The van der Waals surface area contributed by atoms with E-state index >= 15 is 0 Å². The first kappa shape index (κ1) is 12.6. The van der Waals surface area contributed by atoms with E-state index in [0.29, 0.717) is 17.8 Å². The number of rotatable bonds is 4. The molecule has 0 fully saturated rings. The molecular weight excluding hydrogens is 230 g/mol. The van der Waals surface area contributed by atoms with Crippen molar-refractivity contribution >= 4 is 23.4 Å². The van der Waals surface area contributed by atoms with Crippen molar-refractivity contribution in [1.82, 2.24) is 10.3 Å². The highest BCUT2D eigenvalue weighted by Gasteiger charge is 2.14. The summed E-state index contributed by atoms with van der Waals surface area (Å²) >= 11 is 5.88. The summed E-state index contributed by atoms with van der Waals surface area (Å²) in [7, 11) is 1.81. The van der Waals surface area contributed by atoms with Crippen molar-refractivity contribution in [3.63, 3.8) is 0 Å². The Kier molecular flexibility index (Phi) is 4.39. The predicted octanol–water partition coefficient (Wildman–Crippen LogP) is 2.18. The molecule has 0 atom stereocenters. The van der Waals surface area contributed by atoms with Crippen molar-refractivity contribution in [3.8, 4) is 0 Å². The van der Waals surface area contributed by atoms with Crippen molar-refractivity contribution in [1.29, 1.82) is 0 Å². The molecule has 1 N–H and O–H groups in total. The minimum absolute atomic E-state index is 0.0199. The smallest absolute Gasteiger partial charge is 0.291 e. The van der Waals surface area contributed by atoms with Crippen molar-refractivity contribution in [3.05, 3.63) is 38.7 Å². The lowest BCUT2D eigenvalue weighted by Crippen LogP contribution is -2.03. The molecule has 1 aromatic heterocycles. The van der Waals surface area contributed by atoms with Gasteiger partial charge in [-0.25, -0.2) is 4.98 Å². The standard InChI is InChI=1S/C10H12ClN3O2/c1-7-9(14(15)16)6-8(10(11)13-7)4-3-5-12-2/h3-4,6,12H,5H2,1-2H3. The zero-order valence-corrected chi connectivity index (χ0v) is 9.78. The fourth-order valence-electron chi connectivity index (χ4n) is 1.19. The first-order valence-electron chi connectivity index (χ1n) is 4.69. The van der Waals surface area contributed by atoms with Crippen LogP contribution >= 0.6 is 11.6 Å². The molecule has 0 aromatic carbocycles. The maximum atomic E-state index is 10.7. The van der Waals surface area contributed by atoms with Crippen LogP contribution in [0, 0.1) is 17.0 Å². The zero-order chi connectivity index (χ0) is 12.1. The van der Waals surface area contributed by atoms with Crippen LogP contribution in [-0.4, -0.2) is 23.5 Å². The van der Waals surface area contributed by atoms with Crippen molar-refractivity contribution in [2.75, 3.05) is 13.6 Å². The molecule has 1 heterocycles. The van der Waals surface area contributed by atoms with Crippen molar-refractivity contribution in [2.24, 2.45) is 0 Å². The van der Waals surface area contributed by atoms with E-state index in [2.05, 4.69) is 10.3 Å². The molecule has 0 radical (unpaired) electrons. The Morgan fingerprint density at radius 1 is 1.69 bits per heavy atom. The van der Waals surface area contributed by atoms with Crippen LogP contribution in [0.2, 0.25) is 5.15 Å². The number of halogens is 1. The molecule has 0 aliphatic heterocycles. The Balaban J connectivity index is 3.09. The summed E-state index contributed by atoms with van der Waals surface area (Å²) in [5.74, 6) is 0. The zero-order valence-electron chi connectivity index (χ0n) is 9.03. The third kappa shape index (κ3) is 3.01. The highest BCUT2D eigenvalue weighted by atomic mass is 35.5. The monoisotopic (exact) mass is 241 g/mol. The van der Waals surface area contributed by atoms with Gasteiger partial charge in [0.25, 0.3) is 5.69 Å². The van der Waals surface area contributed by atoms with Gasteiger partial charge in [-0.05, 0) is 14.0 Å². The summed E-state index contributed by atoms with van der Waals surface area (Å²) in [6.45, 7) is 2.23. The SMILES string of the molecule is CNCC=Cc1cc([N+](=O)[O-])c(C)nc1Cl. The number of aromatic nitrogens is 1. The average molecular weight is 242 g/mol. The topological polar surface area (TPSA) is 68.1 Å². The van der Waals surface area contributed by atoms with Crippen LogP contribution in [0.15, 0.2) is 12.1 Å². The second-order valence-electron chi connectivity index (χ2n) is 3.19. The number of likely N-dealkylation sites (N-methyl/N-ethyl adjacent to an activating group) is 1. The molecule has 86 valence electrons. The molecule has 1 rings (SSSR count). The van der Waals surface area contributed by atoms with Crippen LogP contribution in [0.1, 0.15) is 11.3 Å². The van der Waals surface area contributed by atoms with Crippen LogP contribution in [0.3, 0.4) is 0 Å². The fourth-order valence-corrected chi connectivity index (χ4v) is 1.43. The van der Waals surface area contributed by atoms with E-state index in [9.17, 15) is 10.1 Å². The summed E-state index contributed by atoms with van der Waals surface area (Å²) in [5, 5.41) is 13.9. The van der Waals surface area contributed by atoms with E-state index < -0.39 is 4.92 Å². The van der Waals surface area contributed by atoms with Crippen LogP contribution in [0.4, 0.5) is 5.69 Å². The lowest BCUT2D eigenvalue weighted by atomic mass is 10.2. The summed E-state index contributed by atoms with van der Waals surface area (Å²) in [6.07, 6.45) is 3.53. The minimum atomic E-state index is -0.464. The highest BCUT2D eigenvalue weighted by Crippen LogP contribution is 2.23. The molecule has 0 saturated heterocycles. The quantitative estimate of drug-likeness (QED) is 0.498. The number of pyridine rings is 1. The van der Waals surface area contributed by atoms with Crippen LogP contribution in [-0.2, 0) is 0 Å². The molecule has 16 heavy (non-hydrogen) atoms. The van der Waals surface area contributed by atoms with Gasteiger partial charge in [-0.2, -0.15) is 0 Å². The van der Waals surface area contributed by atoms with E-state index in [1.165, 1.54) is 6.07 Å². The highest BCUT2D eigenvalue weighted by molar-refractivity contribution is 6.30. The molecular formula is C10H12ClN3O2. The first-order chi connectivity index (χ1) is 7.56. The molecule has 0 unspecified atom stereocenters. The van der Waals surface area contributed by atoms with Gasteiger partial charge in [0.1, 0.15) is 10.8 Å². The Morgan fingerprint density at radius 3 is 2.94 bits per heavy atom. The molecule has 0 bridgehead atoms. The van der Waals surface area contributed by atoms with Gasteiger partial charge >= 0.3 is 0 Å². The summed E-state index contributed by atoms with van der Waals surface area (Å²) < 4.78 is 0. The predicted molar refractivity (Wildman–Crippen MR) is 63.6 cm³/mol. The maximum absolute atomic E-state index is 10.7. The summed E-state index contributed by atoms with van der Waals surface area (Å²) in [6, 6.07) is 1.43. The van der Waals surface area contributed by atoms with E-state index in [4.69, 9.17) is 11.6 Å². The van der Waals surface area contributed by atoms with Crippen LogP contribution < -0.4 is 5.32 Å². The molecule has 0 saturated carbocycles. The lowest BCUT2D eigenvalue weighted by Gasteiger charge is -2.01. The largest absolute Gasteiger partial charge is 0.316 e. The van der Waals surface area contributed by atoms with Gasteiger partial charge < -0.3 is 5.32 Å².